The van der Waals surface area contributed by atoms with Gasteiger partial charge < -0.3 is 24.7 Å². The minimum atomic E-state index is -0.866. The summed E-state index contributed by atoms with van der Waals surface area (Å²) in [4.78, 5) is 17.5. The Bertz CT molecular complexity index is 874. The molecule has 1 amide bonds. The molecule has 2 atom stereocenters. The molecule has 154 valence electrons. The van der Waals surface area contributed by atoms with Gasteiger partial charge in [-0.3, -0.25) is 4.79 Å². The van der Waals surface area contributed by atoms with Gasteiger partial charge in [0.15, 0.2) is 0 Å². The smallest absolute Gasteiger partial charge is 0.264 e. The molecule has 0 unspecified atom stereocenters. The van der Waals surface area contributed by atoms with E-state index in [-0.39, 0.29) is 19.1 Å². The third kappa shape index (κ3) is 6.10. The quantitative estimate of drug-likeness (QED) is 0.653. The van der Waals surface area contributed by atoms with Gasteiger partial charge in [0.2, 0.25) is 6.10 Å². The van der Waals surface area contributed by atoms with Crippen molar-refractivity contribution in [2.24, 2.45) is 5.16 Å². The molecule has 8 heteroatoms. The van der Waals surface area contributed by atoms with Gasteiger partial charge in [-0.1, -0.05) is 41.0 Å². The fourth-order valence-corrected chi connectivity index (χ4v) is 3.01. The summed E-state index contributed by atoms with van der Waals surface area (Å²) in [5, 5.41) is 17.4. The summed E-state index contributed by atoms with van der Waals surface area (Å²) in [6.07, 6.45) is -0.664. The number of nitrogens with zero attached hydrogens (tertiary/aromatic N) is 1. The molecular weight excluding hydrogens is 396 g/mol. The highest BCUT2D eigenvalue weighted by atomic mass is 35.5. The van der Waals surface area contributed by atoms with Crippen LogP contribution in [0.4, 0.5) is 0 Å². The van der Waals surface area contributed by atoms with Crippen LogP contribution >= 0.6 is 11.6 Å². The first-order valence-corrected chi connectivity index (χ1v) is 9.60. The number of hydrogen-bond donors (Lipinski definition) is 2. The fraction of sp³-hybridized carbons (Fsp3) is 0.333. The van der Waals surface area contributed by atoms with Crippen molar-refractivity contribution in [1.82, 2.24) is 5.32 Å². The molecule has 0 fully saturated rings. The number of benzene rings is 2. The van der Waals surface area contributed by atoms with Gasteiger partial charge in [0.25, 0.3) is 5.91 Å². The standard InChI is InChI=1S/C21H23ClN2O5/c1-27-17-6-4-7-18(11-17)28-13-16(25)12-23-21(26)20-10-15(24-29-20)9-14-5-2-3-8-19(14)22/h2-8,11,16,20,25H,9-10,12-13H2,1H3,(H,23,26)/t16-,20-/m1/s1. The van der Waals surface area contributed by atoms with Gasteiger partial charge >= 0.3 is 0 Å². The average molecular weight is 419 g/mol. The van der Waals surface area contributed by atoms with Gasteiger partial charge in [0.1, 0.15) is 24.2 Å². The van der Waals surface area contributed by atoms with E-state index in [0.29, 0.717) is 29.4 Å². The van der Waals surface area contributed by atoms with Crippen molar-refractivity contribution in [2.75, 3.05) is 20.3 Å². The first kappa shape index (κ1) is 21.0. The van der Waals surface area contributed by atoms with Crippen LogP contribution in [0.15, 0.2) is 53.7 Å². The number of aliphatic hydroxyl groups excluding tert-OH is 1. The summed E-state index contributed by atoms with van der Waals surface area (Å²) in [5.41, 5.74) is 1.68. The summed E-state index contributed by atoms with van der Waals surface area (Å²) < 4.78 is 10.6. The van der Waals surface area contributed by atoms with E-state index < -0.39 is 12.2 Å². The fourth-order valence-electron chi connectivity index (χ4n) is 2.81. The molecule has 2 N–H and O–H groups in total. The Morgan fingerprint density at radius 2 is 2.10 bits per heavy atom. The maximum atomic E-state index is 12.3. The first-order chi connectivity index (χ1) is 14.0. The Kier molecular flexibility index (Phi) is 7.32. The van der Waals surface area contributed by atoms with Crippen molar-refractivity contribution in [3.63, 3.8) is 0 Å². The number of rotatable bonds is 9. The summed E-state index contributed by atoms with van der Waals surface area (Å²) in [5.74, 6) is 0.908. The molecule has 0 saturated heterocycles. The van der Waals surface area contributed by atoms with Crippen molar-refractivity contribution in [3.8, 4) is 11.5 Å². The van der Waals surface area contributed by atoms with Crippen LogP contribution < -0.4 is 14.8 Å². The van der Waals surface area contributed by atoms with Crippen LogP contribution in [0.2, 0.25) is 5.02 Å². The molecule has 0 aliphatic carbocycles. The van der Waals surface area contributed by atoms with E-state index in [1.54, 1.807) is 31.4 Å². The number of oxime groups is 1. The normalized spacial score (nSPS) is 16.5. The Hall–Kier alpha value is -2.77. The number of nitrogens with one attached hydrogen (secondary N) is 1. The lowest BCUT2D eigenvalue weighted by Gasteiger charge is -2.15. The monoisotopic (exact) mass is 418 g/mol. The van der Waals surface area contributed by atoms with E-state index in [1.807, 2.05) is 24.3 Å². The van der Waals surface area contributed by atoms with Crippen molar-refractivity contribution < 1.29 is 24.2 Å². The number of ether oxygens (including phenoxy) is 2. The van der Waals surface area contributed by atoms with E-state index >= 15 is 0 Å². The topological polar surface area (TPSA) is 89.4 Å². The summed E-state index contributed by atoms with van der Waals surface area (Å²) >= 11 is 6.16. The number of aliphatic hydroxyl groups is 1. The van der Waals surface area contributed by atoms with Crippen molar-refractivity contribution in [1.29, 1.82) is 0 Å². The maximum absolute atomic E-state index is 12.3. The van der Waals surface area contributed by atoms with Crippen LogP contribution in [0.25, 0.3) is 0 Å². The molecule has 2 aromatic rings. The number of carbonyl (C=O) groups excluding carboxylic acids is 1. The Labute approximate surface area is 174 Å². The van der Waals surface area contributed by atoms with Crippen LogP contribution in [0, 0.1) is 0 Å². The molecule has 0 radical (unpaired) electrons. The van der Waals surface area contributed by atoms with E-state index in [2.05, 4.69) is 10.5 Å². The van der Waals surface area contributed by atoms with E-state index in [0.717, 1.165) is 11.3 Å². The molecule has 0 aromatic heterocycles. The average Bonchev–Trinajstić information content (AvgIpc) is 3.21. The summed E-state index contributed by atoms with van der Waals surface area (Å²) in [7, 11) is 1.57. The summed E-state index contributed by atoms with van der Waals surface area (Å²) in [6.45, 7) is 0.0791. The maximum Gasteiger partial charge on any atom is 0.264 e. The van der Waals surface area contributed by atoms with Crippen LogP contribution in [0.5, 0.6) is 11.5 Å². The second kappa shape index (κ2) is 10.1. The lowest BCUT2D eigenvalue weighted by Crippen LogP contribution is -2.40. The summed E-state index contributed by atoms with van der Waals surface area (Å²) in [6, 6.07) is 14.6. The van der Waals surface area contributed by atoms with Gasteiger partial charge in [-0.05, 0) is 23.8 Å². The number of hydrogen-bond acceptors (Lipinski definition) is 6. The largest absolute Gasteiger partial charge is 0.497 e. The molecule has 0 saturated carbocycles. The van der Waals surface area contributed by atoms with Gasteiger partial charge in [-0.15, -0.1) is 0 Å². The first-order valence-electron chi connectivity index (χ1n) is 9.22. The highest BCUT2D eigenvalue weighted by Gasteiger charge is 2.28. The zero-order valence-electron chi connectivity index (χ0n) is 16.0. The molecule has 1 aliphatic heterocycles. The SMILES string of the molecule is COc1cccc(OC[C@H](O)CNC(=O)[C@H]2CC(Cc3ccccc3Cl)=NO2)c1. The number of carbonyl (C=O) groups is 1. The number of amides is 1. The minimum Gasteiger partial charge on any atom is -0.497 e. The van der Waals surface area contributed by atoms with Gasteiger partial charge in [-0.2, -0.15) is 0 Å². The molecule has 2 aromatic carbocycles. The highest BCUT2D eigenvalue weighted by molar-refractivity contribution is 6.31. The van der Waals surface area contributed by atoms with Crippen molar-refractivity contribution in [3.05, 3.63) is 59.1 Å². The minimum absolute atomic E-state index is 0.0349. The zero-order valence-corrected chi connectivity index (χ0v) is 16.8. The lowest BCUT2D eigenvalue weighted by molar-refractivity contribution is -0.131. The van der Waals surface area contributed by atoms with Crippen LogP contribution in [-0.4, -0.2) is 49.2 Å². The van der Waals surface area contributed by atoms with E-state index in [1.165, 1.54) is 0 Å². The Morgan fingerprint density at radius 3 is 2.90 bits per heavy atom. The van der Waals surface area contributed by atoms with Gasteiger partial charge in [-0.25, -0.2) is 0 Å². The third-order valence-electron chi connectivity index (χ3n) is 4.37. The molecule has 1 aliphatic rings. The predicted octanol–water partition coefficient (Wildman–Crippen LogP) is 2.59. The van der Waals surface area contributed by atoms with Crippen molar-refractivity contribution in [2.45, 2.75) is 25.0 Å². The Morgan fingerprint density at radius 1 is 1.31 bits per heavy atom. The number of methoxy groups -OCH3 is 1. The molecule has 3 rings (SSSR count). The van der Waals surface area contributed by atoms with Crippen LogP contribution in [0.1, 0.15) is 12.0 Å². The molecule has 1 heterocycles. The van der Waals surface area contributed by atoms with E-state index in [4.69, 9.17) is 25.9 Å². The van der Waals surface area contributed by atoms with Crippen molar-refractivity contribution >= 4 is 23.2 Å². The van der Waals surface area contributed by atoms with Gasteiger partial charge in [0, 0.05) is 30.5 Å². The molecule has 7 nitrogen and oxygen atoms in total. The van der Waals surface area contributed by atoms with E-state index in [9.17, 15) is 9.90 Å². The molecule has 0 bridgehead atoms. The second-order valence-corrected chi connectivity index (χ2v) is 7.02. The van der Waals surface area contributed by atoms with Crippen LogP contribution in [0.3, 0.4) is 0 Å². The van der Waals surface area contributed by atoms with Crippen LogP contribution in [-0.2, 0) is 16.1 Å². The zero-order chi connectivity index (χ0) is 20.6. The second-order valence-electron chi connectivity index (χ2n) is 6.61. The highest BCUT2D eigenvalue weighted by Crippen LogP contribution is 2.20. The molecule has 0 spiro atoms. The Balaban J connectivity index is 1.39. The van der Waals surface area contributed by atoms with Gasteiger partial charge in [0.05, 0.1) is 12.8 Å². The number of halogens is 1. The molecular formula is C21H23ClN2O5. The molecule has 29 heavy (non-hydrogen) atoms. The predicted molar refractivity (Wildman–Crippen MR) is 110 cm³/mol. The third-order valence-corrected chi connectivity index (χ3v) is 4.74. The lowest BCUT2D eigenvalue weighted by atomic mass is 10.0.